The topological polar surface area (TPSA) is 66.7 Å². The van der Waals surface area contributed by atoms with Gasteiger partial charge in [-0.25, -0.2) is 0 Å². The highest BCUT2D eigenvalue weighted by atomic mass is 15.1. The van der Waals surface area contributed by atoms with Crippen molar-refractivity contribution in [3.63, 3.8) is 0 Å². The van der Waals surface area contributed by atoms with Gasteiger partial charge >= 0.3 is 0 Å². The number of H-pyrrole nitrogens is 1. The molecule has 2 aromatic rings. The Labute approximate surface area is 107 Å². The van der Waals surface area contributed by atoms with Crippen molar-refractivity contribution in [3.05, 3.63) is 18.3 Å². The summed E-state index contributed by atoms with van der Waals surface area (Å²) in [7, 11) is 0. The van der Waals surface area contributed by atoms with Gasteiger partial charge in [-0.2, -0.15) is 5.10 Å². The molecular formula is C14H20N4. The maximum absolute atomic E-state index is 6.09. The number of nitrogen functional groups attached to an aromatic ring is 1. The zero-order valence-corrected chi connectivity index (χ0v) is 10.7. The van der Waals surface area contributed by atoms with Crippen molar-refractivity contribution in [2.45, 2.75) is 38.6 Å². The molecule has 96 valence electrons. The molecule has 0 aliphatic heterocycles. The summed E-state index contributed by atoms with van der Waals surface area (Å²) in [5, 5.41) is 11.6. The average molecular weight is 244 g/mol. The summed E-state index contributed by atoms with van der Waals surface area (Å²) >= 11 is 0. The summed E-state index contributed by atoms with van der Waals surface area (Å²) in [5.74, 6) is 0.780. The van der Waals surface area contributed by atoms with Crippen molar-refractivity contribution in [2.75, 3.05) is 11.1 Å². The summed E-state index contributed by atoms with van der Waals surface area (Å²) in [4.78, 5) is 0. The van der Waals surface area contributed by atoms with E-state index in [4.69, 9.17) is 5.73 Å². The molecule has 4 N–H and O–H groups in total. The minimum atomic E-state index is 0.482. The molecule has 0 bridgehead atoms. The van der Waals surface area contributed by atoms with Crippen LogP contribution in [0.3, 0.4) is 0 Å². The predicted molar refractivity (Wildman–Crippen MR) is 75.5 cm³/mol. The second-order valence-electron chi connectivity index (χ2n) is 5.37. The first-order chi connectivity index (χ1) is 8.74. The van der Waals surface area contributed by atoms with Gasteiger partial charge < -0.3 is 11.1 Å². The first kappa shape index (κ1) is 11.4. The number of rotatable bonds is 3. The Kier molecular flexibility index (Phi) is 2.86. The van der Waals surface area contributed by atoms with Gasteiger partial charge in [0.1, 0.15) is 0 Å². The van der Waals surface area contributed by atoms with Crippen LogP contribution in [0.4, 0.5) is 11.4 Å². The number of nitrogens with two attached hydrogens (primary N) is 1. The Bertz CT molecular complexity index is 540. The standard InChI is InChI=1S/C14H20N4/c1-9(10-4-2-3-5-10)17-14-7-13-11(6-12(14)15)8-16-18-13/h6-10,17H,2-5,15H2,1H3,(H,16,18). The van der Waals surface area contributed by atoms with E-state index in [2.05, 4.69) is 28.5 Å². The smallest absolute Gasteiger partial charge is 0.0672 e. The number of fused-ring (bicyclic) bond motifs is 1. The van der Waals surface area contributed by atoms with Crippen molar-refractivity contribution in [1.29, 1.82) is 0 Å². The Morgan fingerprint density at radius 3 is 2.94 bits per heavy atom. The van der Waals surface area contributed by atoms with Crippen LogP contribution in [0, 0.1) is 5.92 Å². The highest BCUT2D eigenvalue weighted by Crippen LogP contribution is 2.31. The van der Waals surface area contributed by atoms with Crippen LogP contribution >= 0.6 is 0 Å². The van der Waals surface area contributed by atoms with E-state index >= 15 is 0 Å². The number of hydrogen-bond donors (Lipinski definition) is 3. The van der Waals surface area contributed by atoms with Crippen LogP contribution in [-0.4, -0.2) is 16.2 Å². The lowest BCUT2D eigenvalue weighted by atomic mass is 9.99. The SMILES string of the molecule is CC(Nc1cc2[nH]ncc2cc1N)C1CCCC1. The Morgan fingerprint density at radius 2 is 2.17 bits per heavy atom. The molecule has 0 saturated heterocycles. The van der Waals surface area contributed by atoms with Crippen LogP contribution in [0.25, 0.3) is 10.9 Å². The number of aromatic amines is 1. The van der Waals surface area contributed by atoms with E-state index in [9.17, 15) is 0 Å². The number of aromatic nitrogens is 2. The highest BCUT2D eigenvalue weighted by molar-refractivity contribution is 5.88. The van der Waals surface area contributed by atoms with Crippen molar-refractivity contribution >= 4 is 22.3 Å². The van der Waals surface area contributed by atoms with Gasteiger partial charge in [0, 0.05) is 11.4 Å². The molecule has 1 atom stereocenters. The van der Waals surface area contributed by atoms with Gasteiger partial charge in [0.15, 0.2) is 0 Å². The average Bonchev–Trinajstić information content (AvgIpc) is 2.98. The normalized spacial score (nSPS) is 18.3. The summed E-state index contributed by atoms with van der Waals surface area (Å²) < 4.78 is 0. The predicted octanol–water partition coefficient (Wildman–Crippen LogP) is 3.14. The number of anilines is 2. The van der Waals surface area contributed by atoms with Crippen LogP contribution in [0.15, 0.2) is 18.3 Å². The third-order valence-corrected chi connectivity index (χ3v) is 4.10. The summed E-state index contributed by atoms with van der Waals surface area (Å²) in [5.41, 5.74) is 8.94. The van der Waals surface area contributed by atoms with Gasteiger partial charge in [-0.1, -0.05) is 12.8 Å². The lowest BCUT2D eigenvalue weighted by molar-refractivity contribution is 0.482. The second-order valence-corrected chi connectivity index (χ2v) is 5.37. The van der Waals surface area contributed by atoms with Crippen molar-refractivity contribution < 1.29 is 0 Å². The Hall–Kier alpha value is -1.71. The molecular weight excluding hydrogens is 224 g/mol. The lowest BCUT2D eigenvalue weighted by Gasteiger charge is -2.22. The lowest BCUT2D eigenvalue weighted by Crippen LogP contribution is -2.24. The molecule has 1 unspecified atom stereocenters. The van der Waals surface area contributed by atoms with E-state index < -0.39 is 0 Å². The molecule has 4 heteroatoms. The van der Waals surface area contributed by atoms with Crippen molar-refractivity contribution in [3.8, 4) is 0 Å². The fraction of sp³-hybridized carbons (Fsp3) is 0.500. The van der Waals surface area contributed by atoms with Gasteiger partial charge in [0.05, 0.1) is 23.1 Å². The molecule has 0 spiro atoms. The summed E-state index contributed by atoms with van der Waals surface area (Å²) in [6.07, 6.45) is 7.20. The van der Waals surface area contributed by atoms with Gasteiger partial charge in [0.2, 0.25) is 0 Å². The largest absolute Gasteiger partial charge is 0.397 e. The minimum absolute atomic E-state index is 0.482. The maximum atomic E-state index is 6.09. The van der Waals surface area contributed by atoms with Gasteiger partial charge in [0.25, 0.3) is 0 Å². The van der Waals surface area contributed by atoms with E-state index in [0.717, 1.165) is 28.2 Å². The van der Waals surface area contributed by atoms with Crippen LogP contribution < -0.4 is 11.1 Å². The number of benzene rings is 1. The fourth-order valence-corrected chi connectivity index (χ4v) is 2.95. The Morgan fingerprint density at radius 1 is 1.39 bits per heavy atom. The third-order valence-electron chi connectivity index (χ3n) is 4.10. The molecule has 0 radical (unpaired) electrons. The van der Waals surface area contributed by atoms with Crippen molar-refractivity contribution in [1.82, 2.24) is 10.2 Å². The minimum Gasteiger partial charge on any atom is -0.397 e. The first-order valence-electron chi connectivity index (χ1n) is 6.73. The van der Waals surface area contributed by atoms with Gasteiger partial charge in [-0.05, 0) is 37.8 Å². The molecule has 1 aliphatic rings. The zero-order chi connectivity index (χ0) is 12.5. The first-order valence-corrected chi connectivity index (χ1v) is 6.73. The van der Waals surface area contributed by atoms with Gasteiger partial charge in [-0.15, -0.1) is 0 Å². The van der Waals surface area contributed by atoms with Crippen LogP contribution in [0.2, 0.25) is 0 Å². The fourth-order valence-electron chi connectivity index (χ4n) is 2.95. The van der Waals surface area contributed by atoms with E-state index in [1.807, 2.05) is 6.07 Å². The molecule has 1 aromatic carbocycles. The number of nitrogens with one attached hydrogen (secondary N) is 2. The number of nitrogens with zero attached hydrogens (tertiary/aromatic N) is 1. The van der Waals surface area contributed by atoms with E-state index in [1.165, 1.54) is 25.7 Å². The van der Waals surface area contributed by atoms with Crippen LogP contribution in [0.1, 0.15) is 32.6 Å². The van der Waals surface area contributed by atoms with Crippen LogP contribution in [-0.2, 0) is 0 Å². The molecule has 4 nitrogen and oxygen atoms in total. The quantitative estimate of drug-likeness (QED) is 0.727. The number of hydrogen-bond acceptors (Lipinski definition) is 3. The zero-order valence-electron chi connectivity index (χ0n) is 10.7. The van der Waals surface area contributed by atoms with E-state index in [0.29, 0.717) is 6.04 Å². The third kappa shape index (κ3) is 2.03. The summed E-state index contributed by atoms with van der Waals surface area (Å²) in [6, 6.07) is 4.52. The molecule has 0 amide bonds. The highest BCUT2D eigenvalue weighted by Gasteiger charge is 2.21. The van der Waals surface area contributed by atoms with Crippen molar-refractivity contribution in [2.24, 2.45) is 5.92 Å². The molecule has 3 rings (SSSR count). The maximum Gasteiger partial charge on any atom is 0.0672 e. The molecule has 1 aliphatic carbocycles. The Balaban J connectivity index is 1.82. The molecule has 1 heterocycles. The van der Waals surface area contributed by atoms with Gasteiger partial charge in [-0.3, -0.25) is 5.10 Å². The van der Waals surface area contributed by atoms with E-state index in [-0.39, 0.29) is 0 Å². The molecule has 1 fully saturated rings. The van der Waals surface area contributed by atoms with E-state index in [1.54, 1.807) is 6.20 Å². The summed E-state index contributed by atoms with van der Waals surface area (Å²) in [6.45, 7) is 2.26. The van der Waals surface area contributed by atoms with Crippen LogP contribution in [0.5, 0.6) is 0 Å². The second kappa shape index (κ2) is 4.52. The molecule has 1 saturated carbocycles. The monoisotopic (exact) mass is 244 g/mol. The molecule has 1 aromatic heterocycles. The molecule has 18 heavy (non-hydrogen) atoms.